The SMILES string of the molecule is CC(C)(C)OC(=O)N1C[C@@H](O)C[C@@H](Nc2ccnc(Cl)c2[N+](=O)[O-])C1. The molecule has 1 aliphatic rings. The van der Waals surface area contributed by atoms with Crippen molar-refractivity contribution in [3.63, 3.8) is 0 Å². The van der Waals surface area contributed by atoms with Gasteiger partial charge in [0, 0.05) is 18.8 Å². The Hall–Kier alpha value is -2.13. The van der Waals surface area contributed by atoms with Crippen LogP contribution in [0.1, 0.15) is 27.2 Å². The van der Waals surface area contributed by atoms with E-state index >= 15 is 0 Å². The van der Waals surface area contributed by atoms with Gasteiger partial charge in [0.05, 0.1) is 17.6 Å². The third kappa shape index (κ3) is 5.17. The maximum atomic E-state index is 12.2. The summed E-state index contributed by atoms with van der Waals surface area (Å²) in [5.74, 6) is 0. The molecule has 0 aliphatic carbocycles. The topological polar surface area (TPSA) is 118 Å². The molecule has 0 saturated carbocycles. The summed E-state index contributed by atoms with van der Waals surface area (Å²) < 4.78 is 5.31. The Morgan fingerprint density at radius 3 is 2.80 bits per heavy atom. The Kier molecular flexibility index (Phi) is 5.69. The highest BCUT2D eigenvalue weighted by atomic mass is 35.5. The second kappa shape index (κ2) is 7.40. The van der Waals surface area contributed by atoms with Crippen LogP contribution in [0.15, 0.2) is 12.3 Å². The number of carbonyl (C=O) groups excluding carboxylic acids is 1. The van der Waals surface area contributed by atoms with E-state index in [4.69, 9.17) is 16.3 Å². The molecular weight excluding hydrogens is 352 g/mol. The van der Waals surface area contributed by atoms with Crippen LogP contribution < -0.4 is 5.32 Å². The van der Waals surface area contributed by atoms with Crippen LogP contribution in [0.25, 0.3) is 0 Å². The number of piperidine rings is 1. The minimum absolute atomic E-state index is 0.145. The number of aromatic nitrogens is 1. The van der Waals surface area contributed by atoms with Gasteiger partial charge in [-0.1, -0.05) is 11.6 Å². The van der Waals surface area contributed by atoms with Gasteiger partial charge in [0.25, 0.3) is 0 Å². The number of likely N-dealkylation sites (tertiary alicyclic amines) is 1. The first-order valence-electron chi connectivity index (χ1n) is 7.78. The standard InChI is InChI=1S/C15H21ClN4O5/c1-15(2,3)25-14(22)19-7-9(6-10(21)8-19)18-11-4-5-17-13(16)12(11)20(23)24/h4-5,9-10,21H,6-8H2,1-3H3,(H,17,18)/t9-,10+/m1/s1. The lowest BCUT2D eigenvalue weighted by molar-refractivity contribution is -0.384. The zero-order chi connectivity index (χ0) is 18.8. The van der Waals surface area contributed by atoms with Gasteiger partial charge in [-0.05, 0) is 33.3 Å². The fraction of sp³-hybridized carbons (Fsp3) is 0.600. The third-order valence-electron chi connectivity index (χ3n) is 3.50. The number of hydrogen-bond donors (Lipinski definition) is 2. The van der Waals surface area contributed by atoms with Crippen molar-refractivity contribution in [2.24, 2.45) is 0 Å². The molecule has 0 bridgehead atoms. The highest BCUT2D eigenvalue weighted by molar-refractivity contribution is 6.32. The number of aliphatic hydroxyl groups excluding tert-OH is 1. The zero-order valence-corrected chi connectivity index (χ0v) is 15.0. The maximum Gasteiger partial charge on any atom is 0.410 e. The van der Waals surface area contributed by atoms with Gasteiger partial charge >= 0.3 is 11.8 Å². The first-order valence-corrected chi connectivity index (χ1v) is 8.16. The third-order valence-corrected chi connectivity index (χ3v) is 3.78. The lowest BCUT2D eigenvalue weighted by Gasteiger charge is -2.37. The van der Waals surface area contributed by atoms with Crippen molar-refractivity contribution in [1.29, 1.82) is 0 Å². The molecule has 1 fully saturated rings. The van der Waals surface area contributed by atoms with Gasteiger partial charge in [-0.3, -0.25) is 10.1 Å². The molecule has 10 heteroatoms. The van der Waals surface area contributed by atoms with E-state index in [0.717, 1.165) is 0 Å². The monoisotopic (exact) mass is 372 g/mol. The summed E-state index contributed by atoms with van der Waals surface area (Å²) >= 11 is 5.80. The van der Waals surface area contributed by atoms with Crippen molar-refractivity contribution in [3.05, 3.63) is 27.5 Å². The number of β-amino-alcohol motifs (C(OH)–C–C–N with tert-alkyl or cyclic N) is 1. The molecular formula is C15H21ClN4O5. The van der Waals surface area contributed by atoms with Gasteiger partial charge in [-0.15, -0.1) is 0 Å². The molecule has 1 aliphatic heterocycles. The summed E-state index contributed by atoms with van der Waals surface area (Å²) in [7, 11) is 0. The van der Waals surface area contributed by atoms with E-state index in [2.05, 4.69) is 10.3 Å². The van der Waals surface area contributed by atoms with Crippen LogP contribution in [0.5, 0.6) is 0 Å². The highest BCUT2D eigenvalue weighted by Gasteiger charge is 2.33. The predicted molar refractivity (Wildman–Crippen MR) is 91.7 cm³/mol. The Morgan fingerprint density at radius 2 is 2.20 bits per heavy atom. The Balaban J connectivity index is 2.14. The predicted octanol–water partition coefficient (Wildman–Crippen LogP) is 2.43. The van der Waals surface area contributed by atoms with Gasteiger partial charge in [0.1, 0.15) is 11.3 Å². The molecule has 0 aromatic carbocycles. The number of anilines is 1. The molecule has 1 aromatic heterocycles. The Bertz CT molecular complexity index is 664. The van der Waals surface area contributed by atoms with E-state index in [9.17, 15) is 20.0 Å². The second-order valence-corrected chi connectivity index (χ2v) is 7.23. The van der Waals surface area contributed by atoms with Crippen molar-refractivity contribution in [2.45, 2.75) is 44.9 Å². The molecule has 0 radical (unpaired) electrons. The van der Waals surface area contributed by atoms with Crippen LogP contribution in [-0.4, -0.2) is 56.8 Å². The fourth-order valence-electron chi connectivity index (χ4n) is 2.59. The van der Waals surface area contributed by atoms with Crippen LogP contribution in [0.3, 0.4) is 0 Å². The molecule has 2 N–H and O–H groups in total. The van der Waals surface area contributed by atoms with Crippen LogP contribution in [-0.2, 0) is 4.74 Å². The first kappa shape index (κ1) is 19.2. The van der Waals surface area contributed by atoms with Crippen LogP contribution in [0.2, 0.25) is 5.15 Å². The van der Waals surface area contributed by atoms with E-state index in [1.54, 1.807) is 20.8 Å². The van der Waals surface area contributed by atoms with Gasteiger partial charge in [-0.25, -0.2) is 9.78 Å². The highest BCUT2D eigenvalue weighted by Crippen LogP contribution is 2.31. The van der Waals surface area contributed by atoms with Crippen LogP contribution in [0, 0.1) is 10.1 Å². The van der Waals surface area contributed by atoms with E-state index in [1.807, 2.05) is 0 Å². The molecule has 2 atom stereocenters. The Morgan fingerprint density at radius 1 is 1.52 bits per heavy atom. The summed E-state index contributed by atoms with van der Waals surface area (Å²) in [6.07, 6.45) is 0.370. The van der Waals surface area contributed by atoms with E-state index < -0.39 is 28.8 Å². The maximum absolute atomic E-state index is 12.2. The minimum atomic E-state index is -0.768. The number of hydrogen-bond acceptors (Lipinski definition) is 7. The molecule has 25 heavy (non-hydrogen) atoms. The smallest absolute Gasteiger partial charge is 0.410 e. The summed E-state index contributed by atoms with van der Waals surface area (Å²) in [6.45, 7) is 5.64. The Labute approximate surface area is 150 Å². The number of aliphatic hydroxyl groups is 1. The first-order chi connectivity index (χ1) is 11.6. The van der Waals surface area contributed by atoms with E-state index in [-0.39, 0.29) is 29.6 Å². The van der Waals surface area contributed by atoms with Crippen molar-refractivity contribution in [3.8, 4) is 0 Å². The van der Waals surface area contributed by atoms with Crippen molar-refractivity contribution in [2.75, 3.05) is 18.4 Å². The number of pyridine rings is 1. The molecule has 1 aromatic rings. The van der Waals surface area contributed by atoms with Crippen molar-refractivity contribution >= 4 is 29.1 Å². The second-order valence-electron chi connectivity index (χ2n) is 6.87. The molecule has 0 unspecified atom stereocenters. The molecule has 2 rings (SSSR count). The molecule has 0 spiro atoms. The van der Waals surface area contributed by atoms with Crippen molar-refractivity contribution in [1.82, 2.24) is 9.88 Å². The number of ether oxygens (including phenoxy) is 1. The lowest BCUT2D eigenvalue weighted by atomic mass is 10.0. The number of nitrogens with one attached hydrogen (secondary N) is 1. The largest absolute Gasteiger partial charge is 0.444 e. The minimum Gasteiger partial charge on any atom is -0.444 e. The zero-order valence-electron chi connectivity index (χ0n) is 14.2. The summed E-state index contributed by atoms with van der Waals surface area (Å²) in [5.41, 5.74) is -0.805. The van der Waals surface area contributed by atoms with Gasteiger partial charge in [-0.2, -0.15) is 0 Å². The summed E-state index contributed by atoms with van der Waals surface area (Å²) in [4.78, 5) is 27.9. The normalized spacial score (nSPS) is 20.9. The average Bonchev–Trinajstić information content (AvgIpc) is 2.44. The molecule has 1 saturated heterocycles. The summed E-state index contributed by atoms with van der Waals surface area (Å²) in [6, 6.07) is 1.04. The van der Waals surface area contributed by atoms with Gasteiger partial charge in [0.2, 0.25) is 5.15 Å². The fourth-order valence-corrected chi connectivity index (χ4v) is 2.82. The molecule has 1 amide bonds. The molecule has 2 heterocycles. The van der Waals surface area contributed by atoms with Crippen LogP contribution in [0.4, 0.5) is 16.2 Å². The number of amides is 1. The molecule has 138 valence electrons. The van der Waals surface area contributed by atoms with Crippen molar-refractivity contribution < 1.29 is 19.6 Å². The van der Waals surface area contributed by atoms with Gasteiger partial charge in [0.15, 0.2) is 0 Å². The number of halogens is 1. The average molecular weight is 373 g/mol. The van der Waals surface area contributed by atoms with E-state index in [1.165, 1.54) is 17.2 Å². The number of nitrogens with zero attached hydrogens (tertiary/aromatic N) is 3. The van der Waals surface area contributed by atoms with Gasteiger partial charge < -0.3 is 20.1 Å². The lowest BCUT2D eigenvalue weighted by Crippen LogP contribution is -2.52. The van der Waals surface area contributed by atoms with E-state index in [0.29, 0.717) is 6.42 Å². The van der Waals surface area contributed by atoms with Crippen LogP contribution >= 0.6 is 11.6 Å². The molecule has 9 nitrogen and oxygen atoms in total. The number of carbonyl (C=O) groups is 1. The number of rotatable bonds is 3. The quantitative estimate of drug-likeness (QED) is 0.475. The summed E-state index contributed by atoms with van der Waals surface area (Å²) in [5, 5.41) is 24.0. The number of nitro groups is 1.